The average Bonchev–Trinajstić information content (AvgIpc) is 2.56. The Bertz CT molecular complexity index is 238. The first-order valence-corrected chi connectivity index (χ1v) is 5.57. The number of piperazine rings is 1. The van der Waals surface area contributed by atoms with Crippen LogP contribution in [-0.4, -0.2) is 35.9 Å². The van der Waals surface area contributed by atoms with E-state index in [1.54, 1.807) is 0 Å². The lowest BCUT2D eigenvalue weighted by atomic mass is 9.97. The van der Waals surface area contributed by atoms with Crippen LogP contribution in [0, 0.1) is 5.92 Å². The molecule has 0 radical (unpaired) electrons. The summed E-state index contributed by atoms with van der Waals surface area (Å²) < 4.78 is 0. The Morgan fingerprint density at radius 2 is 2.23 bits per heavy atom. The van der Waals surface area contributed by atoms with Gasteiger partial charge in [-0.3, -0.25) is 20.2 Å². The standard InChI is InChI=1S/C8H12N2O2S/c11-6-3-9-7(8(12)10-6)5-1-2-13-4-5/h5,7,9H,1-4H2,(H,10,11,12). The minimum absolute atomic E-state index is 0.146. The zero-order chi connectivity index (χ0) is 9.26. The van der Waals surface area contributed by atoms with Gasteiger partial charge < -0.3 is 0 Å². The van der Waals surface area contributed by atoms with Crippen LogP contribution in [0.4, 0.5) is 0 Å². The second-order valence-electron chi connectivity index (χ2n) is 3.39. The molecule has 2 amide bonds. The van der Waals surface area contributed by atoms with E-state index in [4.69, 9.17) is 0 Å². The van der Waals surface area contributed by atoms with Crippen molar-refractivity contribution in [2.24, 2.45) is 5.92 Å². The zero-order valence-corrected chi connectivity index (χ0v) is 8.02. The molecule has 0 aromatic rings. The fourth-order valence-electron chi connectivity index (χ4n) is 1.75. The summed E-state index contributed by atoms with van der Waals surface area (Å²) >= 11 is 1.87. The van der Waals surface area contributed by atoms with Crippen LogP contribution in [0.2, 0.25) is 0 Å². The lowest BCUT2D eigenvalue weighted by Gasteiger charge is -2.26. The predicted octanol–water partition coefficient (Wildman–Crippen LogP) is -0.646. The maximum Gasteiger partial charge on any atom is 0.244 e. The summed E-state index contributed by atoms with van der Waals surface area (Å²) in [6, 6.07) is -0.146. The van der Waals surface area contributed by atoms with Crippen LogP contribution in [-0.2, 0) is 9.59 Å². The number of thioether (sulfide) groups is 1. The molecule has 2 rings (SSSR count). The van der Waals surface area contributed by atoms with Gasteiger partial charge in [-0.25, -0.2) is 0 Å². The van der Waals surface area contributed by atoms with E-state index in [1.165, 1.54) is 0 Å². The first-order chi connectivity index (χ1) is 6.27. The second kappa shape index (κ2) is 3.67. The molecule has 0 saturated carbocycles. The van der Waals surface area contributed by atoms with Gasteiger partial charge in [-0.15, -0.1) is 0 Å². The molecule has 0 aromatic heterocycles. The van der Waals surface area contributed by atoms with Gasteiger partial charge in [0.25, 0.3) is 0 Å². The summed E-state index contributed by atoms with van der Waals surface area (Å²) in [6.07, 6.45) is 1.07. The van der Waals surface area contributed by atoms with E-state index in [0.717, 1.165) is 17.9 Å². The van der Waals surface area contributed by atoms with E-state index in [-0.39, 0.29) is 24.4 Å². The van der Waals surface area contributed by atoms with Gasteiger partial charge in [0.05, 0.1) is 12.6 Å². The molecule has 72 valence electrons. The Morgan fingerprint density at radius 3 is 2.85 bits per heavy atom. The summed E-state index contributed by atoms with van der Waals surface area (Å²) in [7, 11) is 0. The summed E-state index contributed by atoms with van der Waals surface area (Å²) in [6.45, 7) is 0.275. The van der Waals surface area contributed by atoms with Crippen molar-refractivity contribution in [2.75, 3.05) is 18.1 Å². The Balaban J connectivity index is 1.98. The molecule has 0 spiro atoms. The summed E-state index contributed by atoms with van der Waals surface area (Å²) in [4.78, 5) is 22.2. The first-order valence-electron chi connectivity index (χ1n) is 4.42. The summed E-state index contributed by atoms with van der Waals surface area (Å²) in [5.41, 5.74) is 0. The molecular weight excluding hydrogens is 188 g/mol. The molecule has 4 nitrogen and oxygen atoms in total. The molecule has 2 aliphatic rings. The normalized spacial score (nSPS) is 34.8. The van der Waals surface area contributed by atoms with Gasteiger partial charge >= 0.3 is 0 Å². The molecule has 2 unspecified atom stereocenters. The number of rotatable bonds is 1. The van der Waals surface area contributed by atoms with E-state index in [9.17, 15) is 9.59 Å². The molecule has 0 aliphatic carbocycles. The number of nitrogens with one attached hydrogen (secondary N) is 2. The van der Waals surface area contributed by atoms with Gasteiger partial charge in [-0.1, -0.05) is 0 Å². The van der Waals surface area contributed by atoms with Crippen molar-refractivity contribution < 1.29 is 9.59 Å². The molecule has 0 bridgehead atoms. The van der Waals surface area contributed by atoms with Gasteiger partial charge in [-0.2, -0.15) is 11.8 Å². The lowest BCUT2D eigenvalue weighted by molar-refractivity contribution is -0.135. The van der Waals surface area contributed by atoms with Crippen molar-refractivity contribution in [1.82, 2.24) is 10.6 Å². The number of carbonyl (C=O) groups excluding carboxylic acids is 2. The van der Waals surface area contributed by atoms with Crippen molar-refractivity contribution >= 4 is 23.6 Å². The van der Waals surface area contributed by atoms with Gasteiger partial charge in [0.15, 0.2) is 0 Å². The van der Waals surface area contributed by atoms with Gasteiger partial charge in [-0.05, 0) is 23.8 Å². The van der Waals surface area contributed by atoms with Crippen LogP contribution in [0.3, 0.4) is 0 Å². The molecule has 2 saturated heterocycles. The molecule has 2 fully saturated rings. The highest BCUT2D eigenvalue weighted by molar-refractivity contribution is 7.99. The van der Waals surface area contributed by atoms with Crippen LogP contribution in [0.1, 0.15) is 6.42 Å². The Morgan fingerprint density at radius 1 is 1.38 bits per heavy atom. The van der Waals surface area contributed by atoms with Crippen molar-refractivity contribution in [3.63, 3.8) is 0 Å². The molecular formula is C8H12N2O2S. The molecule has 0 aromatic carbocycles. The van der Waals surface area contributed by atoms with Crippen molar-refractivity contribution in [1.29, 1.82) is 0 Å². The SMILES string of the molecule is O=C1CNC(C2CCSC2)C(=O)N1. The quantitative estimate of drug-likeness (QED) is 0.552. The van der Waals surface area contributed by atoms with Gasteiger partial charge in [0.1, 0.15) is 0 Å². The zero-order valence-electron chi connectivity index (χ0n) is 7.21. The van der Waals surface area contributed by atoms with Crippen LogP contribution < -0.4 is 10.6 Å². The van der Waals surface area contributed by atoms with Crippen LogP contribution in [0.5, 0.6) is 0 Å². The third-order valence-electron chi connectivity index (χ3n) is 2.46. The third-order valence-corrected chi connectivity index (χ3v) is 3.65. The minimum atomic E-state index is -0.216. The number of amides is 2. The molecule has 2 aliphatic heterocycles. The topological polar surface area (TPSA) is 58.2 Å². The molecule has 2 heterocycles. The number of hydrogen-bond acceptors (Lipinski definition) is 4. The largest absolute Gasteiger partial charge is 0.297 e. The highest BCUT2D eigenvalue weighted by atomic mass is 32.2. The maximum absolute atomic E-state index is 11.4. The monoisotopic (exact) mass is 200 g/mol. The van der Waals surface area contributed by atoms with Crippen molar-refractivity contribution in [3.05, 3.63) is 0 Å². The van der Waals surface area contributed by atoms with Crippen LogP contribution in [0.15, 0.2) is 0 Å². The highest BCUT2D eigenvalue weighted by Crippen LogP contribution is 2.26. The van der Waals surface area contributed by atoms with Crippen molar-refractivity contribution in [3.8, 4) is 0 Å². The lowest BCUT2D eigenvalue weighted by Crippen LogP contribution is -2.58. The van der Waals surface area contributed by atoms with E-state index >= 15 is 0 Å². The van der Waals surface area contributed by atoms with Gasteiger partial charge in [0, 0.05) is 0 Å². The van der Waals surface area contributed by atoms with Crippen LogP contribution in [0.25, 0.3) is 0 Å². The minimum Gasteiger partial charge on any atom is -0.297 e. The Labute approximate surface area is 80.8 Å². The fraction of sp³-hybridized carbons (Fsp3) is 0.750. The van der Waals surface area contributed by atoms with E-state index in [0.29, 0.717) is 5.92 Å². The smallest absolute Gasteiger partial charge is 0.244 e. The van der Waals surface area contributed by atoms with Crippen molar-refractivity contribution in [2.45, 2.75) is 12.5 Å². The Hall–Kier alpha value is -0.550. The summed E-state index contributed by atoms with van der Waals surface area (Å²) in [5, 5.41) is 5.34. The maximum atomic E-state index is 11.4. The average molecular weight is 200 g/mol. The highest BCUT2D eigenvalue weighted by Gasteiger charge is 2.34. The predicted molar refractivity (Wildman–Crippen MR) is 50.4 cm³/mol. The van der Waals surface area contributed by atoms with E-state index in [2.05, 4.69) is 10.6 Å². The number of carbonyl (C=O) groups is 2. The number of hydrogen-bond donors (Lipinski definition) is 2. The van der Waals surface area contributed by atoms with E-state index < -0.39 is 0 Å². The first kappa shape index (κ1) is 9.02. The molecule has 13 heavy (non-hydrogen) atoms. The molecule has 2 atom stereocenters. The second-order valence-corrected chi connectivity index (χ2v) is 4.54. The summed E-state index contributed by atoms with van der Waals surface area (Å²) in [5.74, 6) is 2.19. The molecule has 5 heteroatoms. The van der Waals surface area contributed by atoms with Crippen LogP contribution >= 0.6 is 11.8 Å². The Kier molecular flexibility index (Phi) is 2.55. The fourth-order valence-corrected chi connectivity index (χ4v) is 3.05. The molecule has 2 N–H and O–H groups in total. The van der Waals surface area contributed by atoms with Gasteiger partial charge in [0.2, 0.25) is 11.8 Å². The number of imide groups is 1. The third kappa shape index (κ3) is 1.86. The van der Waals surface area contributed by atoms with E-state index in [1.807, 2.05) is 11.8 Å².